The molecule has 0 amide bonds. The molecule has 0 aliphatic heterocycles. The average Bonchev–Trinajstić information content (AvgIpc) is 2.99. The van der Waals surface area contributed by atoms with Gasteiger partial charge >= 0.3 is 0 Å². The van der Waals surface area contributed by atoms with E-state index in [4.69, 9.17) is 16.6 Å². The number of thioether (sulfide) groups is 1. The summed E-state index contributed by atoms with van der Waals surface area (Å²) < 4.78 is 3.53. The third-order valence-electron chi connectivity index (χ3n) is 3.96. The van der Waals surface area contributed by atoms with Gasteiger partial charge in [0.25, 0.3) is 5.56 Å². The van der Waals surface area contributed by atoms with Crippen LogP contribution in [0.1, 0.15) is 27.2 Å². The van der Waals surface area contributed by atoms with E-state index < -0.39 is 0 Å². The highest BCUT2D eigenvalue weighted by atomic mass is 35.5. The molecule has 0 saturated heterocycles. The van der Waals surface area contributed by atoms with Crippen LogP contribution in [0, 0.1) is 5.92 Å². The zero-order chi connectivity index (χ0) is 18.0. The second-order valence-corrected chi connectivity index (χ2v) is 7.74. The highest BCUT2D eigenvalue weighted by Gasteiger charge is 2.17. The highest BCUT2D eigenvalue weighted by Crippen LogP contribution is 2.23. The van der Waals surface area contributed by atoms with Crippen molar-refractivity contribution in [1.82, 2.24) is 19.1 Å². The molecule has 0 saturated carbocycles. The van der Waals surface area contributed by atoms with Gasteiger partial charge in [-0.05, 0) is 43.5 Å². The number of imidazole rings is 1. The molecular formula is C18H21ClN4OS. The molecule has 2 aromatic heterocycles. The number of rotatable bonds is 6. The number of aryl methyl sites for hydroxylation is 1. The SMILES string of the molecule is CCn1cnc2c(=O)n(-c3ccc(Cl)cc3)c(SCCC(C)C)nc21. The van der Waals surface area contributed by atoms with Crippen LogP contribution in [0.3, 0.4) is 0 Å². The molecule has 0 unspecified atom stereocenters. The average molecular weight is 377 g/mol. The summed E-state index contributed by atoms with van der Waals surface area (Å²) in [5.41, 5.74) is 1.64. The van der Waals surface area contributed by atoms with Crippen LogP contribution in [0.5, 0.6) is 0 Å². The lowest BCUT2D eigenvalue weighted by Gasteiger charge is -2.13. The van der Waals surface area contributed by atoms with Gasteiger partial charge in [-0.15, -0.1) is 0 Å². The normalized spacial score (nSPS) is 11.6. The van der Waals surface area contributed by atoms with E-state index in [1.807, 2.05) is 23.6 Å². The van der Waals surface area contributed by atoms with Gasteiger partial charge in [-0.3, -0.25) is 9.36 Å². The lowest BCUT2D eigenvalue weighted by Crippen LogP contribution is -2.22. The van der Waals surface area contributed by atoms with Crippen molar-refractivity contribution in [2.45, 2.75) is 38.9 Å². The summed E-state index contributed by atoms with van der Waals surface area (Å²) in [5.74, 6) is 1.51. The van der Waals surface area contributed by atoms with E-state index in [0.29, 0.717) is 27.3 Å². The minimum atomic E-state index is -0.147. The molecule has 3 rings (SSSR count). The molecule has 25 heavy (non-hydrogen) atoms. The molecule has 0 aliphatic rings. The molecule has 0 spiro atoms. The Labute approximate surface area is 156 Å². The van der Waals surface area contributed by atoms with Gasteiger partial charge in [0.15, 0.2) is 16.3 Å². The Hall–Kier alpha value is -1.79. The third-order valence-corrected chi connectivity index (χ3v) is 5.18. The standard InChI is InChI=1S/C18H21ClN4OS/c1-4-22-11-20-15-16(22)21-18(25-10-9-12(2)3)23(17(15)24)14-7-5-13(19)6-8-14/h5-8,11-12H,4,9-10H2,1-3H3. The number of hydrogen-bond acceptors (Lipinski definition) is 4. The Morgan fingerprint density at radius 2 is 1.96 bits per heavy atom. The van der Waals surface area contributed by atoms with Gasteiger partial charge in [0.2, 0.25) is 0 Å². The lowest BCUT2D eigenvalue weighted by molar-refractivity contribution is 0.631. The fourth-order valence-electron chi connectivity index (χ4n) is 2.51. The van der Waals surface area contributed by atoms with Crippen molar-refractivity contribution >= 4 is 34.5 Å². The summed E-state index contributed by atoms with van der Waals surface area (Å²) in [4.78, 5) is 22.1. The highest BCUT2D eigenvalue weighted by molar-refractivity contribution is 7.99. The molecule has 7 heteroatoms. The Kier molecular flexibility index (Phi) is 5.49. The number of hydrogen-bond donors (Lipinski definition) is 0. The van der Waals surface area contributed by atoms with Gasteiger partial charge in [-0.1, -0.05) is 37.2 Å². The van der Waals surface area contributed by atoms with Crippen LogP contribution < -0.4 is 5.56 Å². The number of benzene rings is 1. The Bertz CT molecular complexity index is 931. The van der Waals surface area contributed by atoms with Gasteiger partial charge in [-0.25, -0.2) is 9.97 Å². The first-order chi connectivity index (χ1) is 12.0. The monoisotopic (exact) mass is 376 g/mol. The van der Waals surface area contributed by atoms with Gasteiger partial charge in [0.05, 0.1) is 12.0 Å². The molecule has 0 aliphatic carbocycles. The van der Waals surface area contributed by atoms with Gasteiger partial charge < -0.3 is 4.57 Å². The second kappa shape index (κ2) is 7.62. The van der Waals surface area contributed by atoms with Crippen LogP contribution in [-0.4, -0.2) is 24.9 Å². The second-order valence-electron chi connectivity index (χ2n) is 6.25. The summed E-state index contributed by atoms with van der Waals surface area (Å²) in [6.07, 6.45) is 2.74. The fourth-order valence-corrected chi connectivity index (χ4v) is 3.88. The maximum absolute atomic E-state index is 13.1. The summed E-state index contributed by atoms with van der Waals surface area (Å²) >= 11 is 7.59. The zero-order valence-electron chi connectivity index (χ0n) is 14.6. The van der Waals surface area contributed by atoms with Crippen molar-refractivity contribution in [3.63, 3.8) is 0 Å². The van der Waals surface area contributed by atoms with Crippen LogP contribution in [0.25, 0.3) is 16.9 Å². The van der Waals surface area contributed by atoms with Gasteiger partial charge in [-0.2, -0.15) is 0 Å². The van der Waals surface area contributed by atoms with Crippen molar-refractivity contribution in [3.8, 4) is 5.69 Å². The zero-order valence-corrected chi connectivity index (χ0v) is 16.1. The Balaban J connectivity index is 2.15. The predicted octanol–water partition coefficient (Wildman–Crippen LogP) is 4.39. The topological polar surface area (TPSA) is 52.7 Å². The molecule has 132 valence electrons. The maximum atomic E-state index is 13.1. The number of aromatic nitrogens is 4. The summed E-state index contributed by atoms with van der Waals surface area (Å²) in [6.45, 7) is 7.12. The molecule has 5 nitrogen and oxygen atoms in total. The largest absolute Gasteiger partial charge is 0.315 e. The molecule has 3 aromatic rings. The van der Waals surface area contributed by atoms with Crippen molar-refractivity contribution in [1.29, 1.82) is 0 Å². The first kappa shape index (κ1) is 18.0. The van der Waals surface area contributed by atoms with Crippen molar-refractivity contribution in [2.75, 3.05) is 5.75 Å². The molecular weight excluding hydrogens is 356 g/mol. The third kappa shape index (κ3) is 3.75. The van der Waals surface area contributed by atoms with Crippen LogP contribution in [0.4, 0.5) is 0 Å². The van der Waals surface area contributed by atoms with E-state index in [9.17, 15) is 4.79 Å². The molecule has 1 aromatic carbocycles. The smallest absolute Gasteiger partial charge is 0.286 e. The summed E-state index contributed by atoms with van der Waals surface area (Å²) in [7, 11) is 0. The predicted molar refractivity (Wildman–Crippen MR) is 104 cm³/mol. The van der Waals surface area contributed by atoms with E-state index in [0.717, 1.165) is 24.4 Å². The van der Waals surface area contributed by atoms with Crippen LogP contribution in [0.15, 0.2) is 40.5 Å². The molecule has 0 bridgehead atoms. The molecule has 0 atom stereocenters. The van der Waals surface area contributed by atoms with E-state index in [-0.39, 0.29) is 5.56 Å². The number of nitrogens with zero attached hydrogens (tertiary/aromatic N) is 4. The molecule has 0 radical (unpaired) electrons. The molecule has 0 fully saturated rings. The minimum Gasteiger partial charge on any atom is -0.315 e. The molecule has 2 heterocycles. The number of halogens is 1. The van der Waals surface area contributed by atoms with Crippen molar-refractivity contribution in [3.05, 3.63) is 46.0 Å². The van der Waals surface area contributed by atoms with E-state index >= 15 is 0 Å². The maximum Gasteiger partial charge on any atom is 0.286 e. The van der Waals surface area contributed by atoms with E-state index in [2.05, 4.69) is 18.8 Å². The first-order valence-electron chi connectivity index (χ1n) is 8.38. The van der Waals surface area contributed by atoms with Crippen molar-refractivity contribution in [2.24, 2.45) is 5.92 Å². The van der Waals surface area contributed by atoms with E-state index in [1.165, 1.54) is 0 Å². The van der Waals surface area contributed by atoms with Gasteiger partial charge in [0.1, 0.15) is 0 Å². The summed E-state index contributed by atoms with van der Waals surface area (Å²) in [6, 6.07) is 7.22. The molecule has 0 N–H and O–H groups in total. The lowest BCUT2D eigenvalue weighted by atomic mass is 10.2. The Morgan fingerprint density at radius 1 is 1.24 bits per heavy atom. The Morgan fingerprint density at radius 3 is 2.60 bits per heavy atom. The quantitative estimate of drug-likeness (QED) is 0.472. The van der Waals surface area contributed by atoms with Crippen LogP contribution in [0.2, 0.25) is 5.02 Å². The number of fused-ring (bicyclic) bond motifs is 1. The van der Waals surface area contributed by atoms with Crippen LogP contribution >= 0.6 is 23.4 Å². The van der Waals surface area contributed by atoms with Crippen LogP contribution in [-0.2, 0) is 6.54 Å². The van der Waals surface area contributed by atoms with Gasteiger partial charge in [0, 0.05) is 17.3 Å². The summed E-state index contributed by atoms with van der Waals surface area (Å²) in [5, 5.41) is 1.32. The minimum absolute atomic E-state index is 0.147. The van der Waals surface area contributed by atoms with Crippen molar-refractivity contribution < 1.29 is 0 Å². The first-order valence-corrected chi connectivity index (χ1v) is 9.74. The van der Waals surface area contributed by atoms with E-state index in [1.54, 1.807) is 34.8 Å². The fraction of sp³-hybridized carbons (Fsp3) is 0.389.